The van der Waals surface area contributed by atoms with E-state index in [-0.39, 0.29) is 6.04 Å². The van der Waals surface area contributed by atoms with Crippen LogP contribution >= 0.6 is 11.3 Å². The van der Waals surface area contributed by atoms with Crippen LogP contribution in [0.15, 0.2) is 24.8 Å². The van der Waals surface area contributed by atoms with E-state index in [9.17, 15) is 0 Å². The summed E-state index contributed by atoms with van der Waals surface area (Å²) in [5.74, 6) is 1.51. The van der Waals surface area contributed by atoms with Gasteiger partial charge in [-0.15, -0.1) is 11.3 Å². The SMILES string of the molecule is CCN(CC)c1ncc(CN2CCCC2c2nc(-c3cnccn3)n[nH]2)s1. The van der Waals surface area contributed by atoms with Gasteiger partial charge in [-0.05, 0) is 33.2 Å². The summed E-state index contributed by atoms with van der Waals surface area (Å²) >= 11 is 1.78. The summed E-state index contributed by atoms with van der Waals surface area (Å²) < 4.78 is 0. The molecule has 1 atom stereocenters. The molecule has 0 aromatic carbocycles. The van der Waals surface area contributed by atoms with Gasteiger partial charge in [-0.1, -0.05) is 0 Å². The van der Waals surface area contributed by atoms with Crippen LogP contribution in [-0.4, -0.2) is 54.7 Å². The highest BCUT2D eigenvalue weighted by Crippen LogP contribution is 2.33. The van der Waals surface area contributed by atoms with Crippen molar-refractivity contribution in [1.29, 1.82) is 0 Å². The molecule has 1 N–H and O–H groups in total. The maximum Gasteiger partial charge on any atom is 0.201 e. The van der Waals surface area contributed by atoms with E-state index in [0.717, 1.165) is 50.0 Å². The number of nitrogens with one attached hydrogen (secondary N) is 1. The van der Waals surface area contributed by atoms with E-state index >= 15 is 0 Å². The van der Waals surface area contributed by atoms with E-state index in [2.05, 4.69) is 53.8 Å². The fourth-order valence-corrected chi connectivity index (χ4v) is 4.55. The summed E-state index contributed by atoms with van der Waals surface area (Å²) in [6.45, 7) is 8.26. The molecule has 27 heavy (non-hydrogen) atoms. The molecule has 0 bridgehead atoms. The van der Waals surface area contributed by atoms with Crippen LogP contribution in [-0.2, 0) is 6.54 Å². The normalized spacial score (nSPS) is 17.5. The highest BCUT2D eigenvalue weighted by Gasteiger charge is 2.29. The van der Waals surface area contributed by atoms with Gasteiger partial charge in [-0.25, -0.2) is 15.0 Å². The molecule has 3 aromatic rings. The molecule has 8 nitrogen and oxygen atoms in total. The minimum absolute atomic E-state index is 0.252. The van der Waals surface area contributed by atoms with Crippen molar-refractivity contribution >= 4 is 16.5 Å². The quantitative estimate of drug-likeness (QED) is 0.670. The summed E-state index contributed by atoms with van der Waals surface area (Å²) in [5, 5.41) is 8.56. The Morgan fingerprint density at radius 1 is 1.22 bits per heavy atom. The van der Waals surface area contributed by atoms with Gasteiger partial charge < -0.3 is 4.90 Å². The number of likely N-dealkylation sites (tertiary alicyclic amines) is 1. The van der Waals surface area contributed by atoms with Gasteiger partial charge in [-0.3, -0.25) is 15.0 Å². The van der Waals surface area contributed by atoms with Crippen LogP contribution in [0.25, 0.3) is 11.5 Å². The van der Waals surface area contributed by atoms with Crippen molar-refractivity contribution in [1.82, 2.24) is 35.0 Å². The van der Waals surface area contributed by atoms with E-state index in [4.69, 9.17) is 0 Å². The Hall–Kier alpha value is -2.39. The van der Waals surface area contributed by atoms with Crippen LogP contribution < -0.4 is 4.90 Å². The monoisotopic (exact) mass is 384 g/mol. The first-order chi connectivity index (χ1) is 13.3. The lowest BCUT2D eigenvalue weighted by atomic mass is 10.2. The van der Waals surface area contributed by atoms with Crippen molar-refractivity contribution in [2.24, 2.45) is 0 Å². The first-order valence-electron chi connectivity index (χ1n) is 9.40. The van der Waals surface area contributed by atoms with Gasteiger partial charge in [0.2, 0.25) is 5.82 Å². The Morgan fingerprint density at radius 3 is 2.89 bits per heavy atom. The van der Waals surface area contributed by atoms with Gasteiger partial charge in [0.25, 0.3) is 0 Å². The Labute approximate surface area is 162 Å². The number of nitrogens with zero attached hydrogens (tertiary/aromatic N) is 7. The van der Waals surface area contributed by atoms with Crippen LogP contribution in [0.3, 0.4) is 0 Å². The Bertz CT molecular complexity index is 857. The summed E-state index contributed by atoms with van der Waals surface area (Å²) in [6.07, 6.45) is 9.25. The van der Waals surface area contributed by atoms with Crippen molar-refractivity contribution in [2.45, 2.75) is 39.3 Å². The topological polar surface area (TPSA) is 86.7 Å². The van der Waals surface area contributed by atoms with Gasteiger partial charge in [0.15, 0.2) is 5.13 Å². The van der Waals surface area contributed by atoms with Crippen molar-refractivity contribution in [3.05, 3.63) is 35.5 Å². The third-order valence-corrected chi connectivity index (χ3v) is 5.95. The van der Waals surface area contributed by atoms with Crippen LogP contribution in [0, 0.1) is 0 Å². The molecule has 0 aliphatic carbocycles. The molecule has 1 aliphatic rings. The van der Waals surface area contributed by atoms with Gasteiger partial charge in [-0.2, -0.15) is 5.10 Å². The van der Waals surface area contributed by atoms with Crippen LogP contribution in [0.5, 0.6) is 0 Å². The van der Waals surface area contributed by atoms with Crippen molar-refractivity contribution < 1.29 is 0 Å². The second-order valence-corrected chi connectivity index (χ2v) is 7.64. The summed E-state index contributed by atoms with van der Waals surface area (Å²) in [6, 6.07) is 0.252. The molecule has 0 spiro atoms. The molecule has 3 aromatic heterocycles. The molecule has 0 saturated carbocycles. The van der Waals surface area contributed by atoms with E-state index in [1.807, 2.05) is 6.20 Å². The largest absolute Gasteiger partial charge is 0.349 e. The third kappa shape index (κ3) is 3.84. The molecule has 142 valence electrons. The summed E-state index contributed by atoms with van der Waals surface area (Å²) in [5.41, 5.74) is 0.691. The molecule has 0 radical (unpaired) electrons. The van der Waals surface area contributed by atoms with E-state index in [1.165, 1.54) is 4.88 Å². The van der Waals surface area contributed by atoms with Gasteiger partial charge in [0.05, 0.1) is 12.2 Å². The highest BCUT2D eigenvalue weighted by molar-refractivity contribution is 7.15. The standard InChI is InChI=1S/C18H24N8S/c1-3-25(4-2)18-21-10-13(27-18)12-26-9-5-6-15(26)17-22-16(23-24-17)14-11-19-7-8-20-14/h7-8,10-11,15H,3-6,9,12H2,1-2H3,(H,22,23,24). The van der Waals surface area contributed by atoms with E-state index in [1.54, 1.807) is 29.9 Å². The molecule has 4 rings (SSSR count). The lowest BCUT2D eigenvalue weighted by Gasteiger charge is -2.21. The smallest absolute Gasteiger partial charge is 0.201 e. The number of thiazole rings is 1. The average Bonchev–Trinajstić information content (AvgIpc) is 3.45. The van der Waals surface area contributed by atoms with Gasteiger partial charge >= 0.3 is 0 Å². The number of rotatable bonds is 7. The fourth-order valence-electron chi connectivity index (χ4n) is 3.49. The number of aromatic nitrogens is 6. The van der Waals surface area contributed by atoms with E-state index in [0.29, 0.717) is 11.5 Å². The van der Waals surface area contributed by atoms with Gasteiger partial charge in [0.1, 0.15) is 11.5 Å². The number of anilines is 1. The van der Waals surface area contributed by atoms with Crippen molar-refractivity contribution in [3.8, 4) is 11.5 Å². The predicted molar refractivity (Wildman–Crippen MR) is 105 cm³/mol. The van der Waals surface area contributed by atoms with Crippen LogP contribution in [0.4, 0.5) is 5.13 Å². The highest BCUT2D eigenvalue weighted by atomic mass is 32.1. The van der Waals surface area contributed by atoms with Crippen molar-refractivity contribution in [2.75, 3.05) is 24.5 Å². The zero-order valence-corrected chi connectivity index (χ0v) is 16.5. The number of hydrogen-bond donors (Lipinski definition) is 1. The lowest BCUT2D eigenvalue weighted by Crippen LogP contribution is -2.23. The summed E-state index contributed by atoms with van der Waals surface area (Å²) in [4.78, 5) is 23.7. The Kier molecular flexibility index (Phi) is 5.40. The number of H-pyrrole nitrogens is 1. The molecule has 9 heteroatoms. The second-order valence-electron chi connectivity index (χ2n) is 6.54. The zero-order valence-electron chi connectivity index (χ0n) is 15.7. The number of aromatic amines is 1. The molecular formula is C18H24N8S. The minimum Gasteiger partial charge on any atom is -0.349 e. The van der Waals surface area contributed by atoms with Crippen LogP contribution in [0.1, 0.15) is 43.4 Å². The summed E-state index contributed by atoms with van der Waals surface area (Å²) in [7, 11) is 0. The third-order valence-electron chi connectivity index (χ3n) is 4.91. The van der Waals surface area contributed by atoms with Gasteiger partial charge in [0, 0.05) is 43.1 Å². The first kappa shape index (κ1) is 18.0. The minimum atomic E-state index is 0.252. The molecule has 1 saturated heterocycles. The maximum atomic E-state index is 4.68. The zero-order chi connectivity index (χ0) is 18.6. The molecule has 4 heterocycles. The molecule has 1 unspecified atom stereocenters. The molecule has 0 amide bonds. The average molecular weight is 385 g/mol. The Balaban J connectivity index is 1.48. The predicted octanol–water partition coefficient (Wildman–Crippen LogP) is 2.90. The van der Waals surface area contributed by atoms with Crippen molar-refractivity contribution in [3.63, 3.8) is 0 Å². The van der Waals surface area contributed by atoms with Crippen LogP contribution in [0.2, 0.25) is 0 Å². The molecular weight excluding hydrogens is 360 g/mol. The molecule has 1 fully saturated rings. The van der Waals surface area contributed by atoms with E-state index < -0.39 is 0 Å². The maximum absolute atomic E-state index is 4.68. The molecule has 1 aliphatic heterocycles. The number of hydrogen-bond acceptors (Lipinski definition) is 8. The first-order valence-corrected chi connectivity index (χ1v) is 10.2. The second kappa shape index (κ2) is 8.10. The Morgan fingerprint density at radius 2 is 2.11 bits per heavy atom. The fraction of sp³-hybridized carbons (Fsp3) is 0.500. The lowest BCUT2D eigenvalue weighted by molar-refractivity contribution is 0.242.